The third kappa shape index (κ3) is 3.35. The van der Waals surface area contributed by atoms with Crippen molar-refractivity contribution in [2.24, 2.45) is 11.8 Å². The molecule has 1 aromatic rings. The lowest BCUT2D eigenvalue weighted by molar-refractivity contribution is -0.139. The Morgan fingerprint density at radius 3 is 2.48 bits per heavy atom. The van der Waals surface area contributed by atoms with E-state index in [9.17, 15) is 14.2 Å². The van der Waals surface area contributed by atoms with Gasteiger partial charge in [0.1, 0.15) is 7.14 Å². The first-order valence-corrected chi connectivity index (χ1v) is 9.21. The maximum Gasteiger partial charge on any atom is 0.307 e. The summed E-state index contributed by atoms with van der Waals surface area (Å²) in [6.45, 7) is 3.80. The molecule has 0 spiro atoms. The Morgan fingerprint density at radius 1 is 1.29 bits per heavy atom. The molecule has 1 aliphatic carbocycles. The zero-order chi connectivity index (χ0) is 15.6. The molecule has 0 radical (unpaired) electrons. The van der Waals surface area contributed by atoms with Crippen LogP contribution in [0.15, 0.2) is 24.3 Å². The molecule has 0 heterocycles. The van der Waals surface area contributed by atoms with Gasteiger partial charge in [-0.2, -0.15) is 0 Å². The molecule has 1 aliphatic rings. The van der Waals surface area contributed by atoms with Crippen LogP contribution in [0.3, 0.4) is 0 Å². The summed E-state index contributed by atoms with van der Waals surface area (Å²) in [6, 6.07) is 7.06. The van der Waals surface area contributed by atoms with E-state index in [4.69, 9.17) is 5.11 Å². The topological polar surface area (TPSA) is 83.5 Å². The monoisotopic (exact) mass is 309 g/mol. The van der Waals surface area contributed by atoms with Crippen LogP contribution in [0.4, 0.5) is 5.69 Å². The number of anilines is 1. The fraction of sp³-hybridized carbons (Fsp3) is 0.467. The first-order valence-electron chi connectivity index (χ1n) is 7.13. The first-order chi connectivity index (χ1) is 9.91. The lowest BCUT2D eigenvalue weighted by atomic mass is 10.2. The largest absolute Gasteiger partial charge is 0.481 e. The molecule has 0 aromatic heterocycles. The maximum absolute atomic E-state index is 12.7. The van der Waals surface area contributed by atoms with E-state index in [1.807, 2.05) is 19.9 Å². The van der Waals surface area contributed by atoms with Crippen LogP contribution < -0.4 is 10.6 Å². The van der Waals surface area contributed by atoms with Crippen LogP contribution in [0.1, 0.15) is 20.3 Å². The number of amides is 1. The van der Waals surface area contributed by atoms with Crippen LogP contribution in [0.2, 0.25) is 0 Å². The number of aliphatic carboxylic acids is 1. The highest BCUT2D eigenvalue weighted by molar-refractivity contribution is 7.71. The van der Waals surface area contributed by atoms with E-state index < -0.39 is 24.9 Å². The molecule has 1 aromatic carbocycles. The van der Waals surface area contributed by atoms with Crippen molar-refractivity contribution in [3.05, 3.63) is 24.3 Å². The smallest absolute Gasteiger partial charge is 0.307 e. The average Bonchev–Trinajstić information content (AvgIpc) is 3.27. The van der Waals surface area contributed by atoms with Gasteiger partial charge in [-0.1, -0.05) is 26.0 Å². The molecule has 5 nitrogen and oxygen atoms in total. The van der Waals surface area contributed by atoms with Gasteiger partial charge in [0.05, 0.1) is 11.8 Å². The van der Waals surface area contributed by atoms with Gasteiger partial charge in [-0.25, -0.2) is 0 Å². The molecular weight excluding hydrogens is 289 g/mol. The molecule has 1 amide bonds. The van der Waals surface area contributed by atoms with E-state index in [0.29, 0.717) is 24.4 Å². The molecule has 6 heteroatoms. The standard InChI is InChI=1S/C15H20NO4P/c1-3-21(20,4-2)11-7-5-6-10(8-11)16-14(17)12-9-13(12)15(18)19/h5-8,12-13H,3-4,9H2,1-2H3,(H,16,17)(H,18,19)/t12-,13-/m1/s1. The third-order valence-electron chi connectivity index (χ3n) is 4.05. The lowest BCUT2D eigenvalue weighted by Gasteiger charge is -2.15. The Bertz CT molecular complexity index is 605. The molecule has 114 valence electrons. The highest BCUT2D eigenvalue weighted by Crippen LogP contribution is 2.44. The van der Waals surface area contributed by atoms with Crippen molar-refractivity contribution < 1.29 is 19.3 Å². The van der Waals surface area contributed by atoms with E-state index in [1.165, 1.54) is 0 Å². The fourth-order valence-electron chi connectivity index (χ4n) is 2.42. The van der Waals surface area contributed by atoms with Crippen molar-refractivity contribution in [3.63, 3.8) is 0 Å². The number of carbonyl (C=O) groups excluding carboxylic acids is 1. The first kappa shape index (κ1) is 15.8. The Hall–Kier alpha value is -1.61. The second kappa shape index (κ2) is 6.02. The van der Waals surface area contributed by atoms with Gasteiger partial charge in [0.25, 0.3) is 0 Å². The Kier molecular flexibility index (Phi) is 4.52. The average molecular weight is 309 g/mol. The van der Waals surface area contributed by atoms with Crippen LogP contribution in [-0.4, -0.2) is 29.3 Å². The van der Waals surface area contributed by atoms with Crippen LogP contribution in [-0.2, 0) is 14.2 Å². The van der Waals surface area contributed by atoms with Crippen molar-refractivity contribution in [1.29, 1.82) is 0 Å². The van der Waals surface area contributed by atoms with Crippen LogP contribution in [0, 0.1) is 11.8 Å². The minimum atomic E-state index is -2.39. The molecule has 1 fully saturated rings. The molecule has 0 unspecified atom stereocenters. The van der Waals surface area contributed by atoms with Gasteiger partial charge >= 0.3 is 5.97 Å². The molecule has 1 saturated carbocycles. The minimum absolute atomic E-state index is 0.276. The summed E-state index contributed by atoms with van der Waals surface area (Å²) in [4.78, 5) is 22.7. The summed E-state index contributed by atoms with van der Waals surface area (Å²) in [6.07, 6.45) is 1.57. The quantitative estimate of drug-likeness (QED) is 0.790. The molecule has 0 saturated heterocycles. The van der Waals surface area contributed by atoms with E-state index >= 15 is 0 Å². The number of hydrogen-bond donors (Lipinski definition) is 2. The van der Waals surface area contributed by atoms with E-state index in [1.54, 1.807) is 18.2 Å². The van der Waals surface area contributed by atoms with Crippen LogP contribution in [0.25, 0.3) is 0 Å². The van der Waals surface area contributed by atoms with E-state index in [-0.39, 0.29) is 5.91 Å². The number of carboxylic acids is 1. The summed E-state index contributed by atoms with van der Waals surface area (Å²) >= 11 is 0. The van der Waals surface area contributed by atoms with E-state index in [2.05, 4.69) is 5.32 Å². The van der Waals surface area contributed by atoms with Crippen LogP contribution in [0.5, 0.6) is 0 Å². The predicted octanol–water partition coefficient (Wildman–Crippen LogP) is 2.37. The summed E-state index contributed by atoms with van der Waals surface area (Å²) in [7, 11) is -2.39. The van der Waals surface area contributed by atoms with Gasteiger partial charge < -0.3 is 15.0 Å². The Morgan fingerprint density at radius 2 is 1.95 bits per heavy atom. The number of hydrogen-bond acceptors (Lipinski definition) is 3. The van der Waals surface area contributed by atoms with Crippen molar-refractivity contribution in [2.45, 2.75) is 20.3 Å². The number of benzene rings is 1. The molecule has 2 N–H and O–H groups in total. The zero-order valence-corrected chi connectivity index (χ0v) is 13.1. The highest BCUT2D eigenvalue weighted by atomic mass is 31.2. The molecule has 0 bridgehead atoms. The Labute approximate surface area is 124 Å². The third-order valence-corrected chi connectivity index (χ3v) is 7.31. The number of rotatable bonds is 6. The molecule has 0 aliphatic heterocycles. The highest BCUT2D eigenvalue weighted by Gasteiger charge is 2.48. The summed E-state index contributed by atoms with van der Waals surface area (Å²) < 4.78 is 12.7. The summed E-state index contributed by atoms with van der Waals surface area (Å²) in [5.74, 6) is -2.21. The fourth-order valence-corrected chi connectivity index (χ4v) is 4.33. The van der Waals surface area contributed by atoms with Crippen molar-refractivity contribution in [3.8, 4) is 0 Å². The van der Waals surface area contributed by atoms with Gasteiger partial charge in [-0.15, -0.1) is 0 Å². The normalized spacial score (nSPS) is 20.9. The van der Waals surface area contributed by atoms with Gasteiger partial charge in [-0.05, 0) is 18.6 Å². The van der Waals surface area contributed by atoms with Gasteiger partial charge in [0, 0.05) is 23.3 Å². The second-order valence-corrected chi connectivity index (χ2v) is 8.91. The van der Waals surface area contributed by atoms with Gasteiger partial charge in [-0.3, -0.25) is 9.59 Å². The summed E-state index contributed by atoms with van der Waals surface area (Å²) in [5.41, 5.74) is 0.579. The van der Waals surface area contributed by atoms with Gasteiger partial charge in [0.2, 0.25) is 5.91 Å². The van der Waals surface area contributed by atoms with Crippen molar-refractivity contribution in [1.82, 2.24) is 0 Å². The number of nitrogens with one attached hydrogen (secondary N) is 1. The van der Waals surface area contributed by atoms with Crippen molar-refractivity contribution in [2.75, 3.05) is 17.6 Å². The SMILES string of the molecule is CCP(=O)(CC)c1cccc(NC(=O)[C@@H]2C[C@H]2C(=O)O)c1. The second-order valence-electron chi connectivity index (χ2n) is 5.35. The predicted molar refractivity (Wildman–Crippen MR) is 82.6 cm³/mol. The summed E-state index contributed by atoms with van der Waals surface area (Å²) in [5, 5.41) is 12.3. The Balaban J connectivity index is 2.10. The number of carboxylic acid groups (broad SMARTS) is 1. The number of carbonyl (C=O) groups is 2. The molecule has 2 atom stereocenters. The van der Waals surface area contributed by atoms with Gasteiger partial charge in [0.15, 0.2) is 0 Å². The maximum atomic E-state index is 12.7. The molecule has 2 rings (SSSR count). The zero-order valence-electron chi connectivity index (χ0n) is 12.2. The minimum Gasteiger partial charge on any atom is -0.481 e. The molecular formula is C15H20NO4P. The van der Waals surface area contributed by atoms with Crippen LogP contribution >= 0.6 is 7.14 Å². The lowest BCUT2D eigenvalue weighted by Crippen LogP contribution is -2.18. The molecule has 21 heavy (non-hydrogen) atoms. The van der Waals surface area contributed by atoms with Crippen molar-refractivity contribution >= 4 is 30.0 Å². The van der Waals surface area contributed by atoms with E-state index in [0.717, 1.165) is 5.30 Å².